The van der Waals surface area contributed by atoms with Crippen molar-refractivity contribution in [1.29, 1.82) is 0 Å². The molecule has 1 aliphatic heterocycles. The summed E-state index contributed by atoms with van der Waals surface area (Å²) >= 11 is 0. The molecule has 1 atom stereocenters. The number of nitrogens with one attached hydrogen (secondary N) is 1. The lowest BCUT2D eigenvalue weighted by Gasteiger charge is -2.26. The Hall–Kier alpha value is -0.930. The van der Waals surface area contributed by atoms with Crippen LogP contribution in [0, 0.1) is 0 Å². The summed E-state index contributed by atoms with van der Waals surface area (Å²) < 4.78 is 11.4. The van der Waals surface area contributed by atoms with Crippen LogP contribution in [0.4, 0.5) is 0 Å². The van der Waals surface area contributed by atoms with Crippen molar-refractivity contribution in [3.8, 4) is 11.5 Å². The lowest BCUT2D eigenvalue weighted by Crippen LogP contribution is -2.28. The first kappa shape index (κ1) is 17.1. The van der Waals surface area contributed by atoms with Crippen molar-refractivity contribution in [3.63, 3.8) is 0 Å². The molecule has 1 fully saturated rings. The summed E-state index contributed by atoms with van der Waals surface area (Å²) in [4.78, 5) is 0. The van der Waals surface area contributed by atoms with Crippen LogP contribution in [-0.2, 0) is 6.42 Å². The Labute approximate surface area is 128 Å². The van der Waals surface area contributed by atoms with Gasteiger partial charge in [-0.1, -0.05) is 6.92 Å². The highest BCUT2D eigenvalue weighted by atomic mass is 35.5. The fraction of sp³-hybridized carbons (Fsp3) is 0.625. The van der Waals surface area contributed by atoms with Crippen molar-refractivity contribution in [2.45, 2.75) is 39.0 Å². The van der Waals surface area contributed by atoms with Gasteiger partial charge in [0.25, 0.3) is 0 Å². The van der Waals surface area contributed by atoms with Gasteiger partial charge in [-0.2, -0.15) is 0 Å². The van der Waals surface area contributed by atoms with Crippen LogP contribution in [-0.4, -0.2) is 26.8 Å². The Kier molecular flexibility index (Phi) is 7.17. The third-order valence-corrected chi connectivity index (χ3v) is 3.83. The van der Waals surface area contributed by atoms with Crippen LogP contribution in [0.3, 0.4) is 0 Å². The van der Waals surface area contributed by atoms with Gasteiger partial charge in [0, 0.05) is 18.0 Å². The zero-order chi connectivity index (χ0) is 13.7. The SMILES string of the molecule is CCOc1cc([C@H]2CCCNC2)c(OC)cc1CC.Cl. The first-order valence-corrected chi connectivity index (χ1v) is 7.34. The molecule has 0 amide bonds. The molecule has 1 saturated heterocycles. The number of benzene rings is 1. The standard InChI is InChI=1S/C16H25NO2.ClH/c1-4-12-9-16(18-3)14(10-15(12)19-5-2)13-7-6-8-17-11-13;/h9-10,13,17H,4-8,11H2,1-3H3;1H/t13-;/m0./s1. The maximum atomic E-state index is 5.78. The normalized spacial score (nSPS) is 18.2. The van der Waals surface area contributed by atoms with Gasteiger partial charge < -0.3 is 14.8 Å². The van der Waals surface area contributed by atoms with Crippen molar-refractivity contribution >= 4 is 12.4 Å². The van der Waals surface area contributed by atoms with Gasteiger partial charge >= 0.3 is 0 Å². The van der Waals surface area contributed by atoms with E-state index in [1.54, 1.807) is 7.11 Å². The van der Waals surface area contributed by atoms with Gasteiger partial charge in [-0.3, -0.25) is 0 Å². The summed E-state index contributed by atoms with van der Waals surface area (Å²) in [7, 11) is 1.76. The molecule has 0 aromatic heterocycles. The van der Waals surface area contributed by atoms with Crippen molar-refractivity contribution in [1.82, 2.24) is 5.32 Å². The Morgan fingerprint density at radius 1 is 1.25 bits per heavy atom. The predicted molar refractivity (Wildman–Crippen MR) is 85.6 cm³/mol. The van der Waals surface area contributed by atoms with E-state index in [0.29, 0.717) is 12.5 Å². The van der Waals surface area contributed by atoms with Crippen molar-refractivity contribution < 1.29 is 9.47 Å². The highest BCUT2D eigenvalue weighted by molar-refractivity contribution is 5.85. The number of piperidine rings is 1. The van der Waals surface area contributed by atoms with Gasteiger partial charge in [0.05, 0.1) is 13.7 Å². The number of ether oxygens (including phenoxy) is 2. The molecular formula is C16H26ClNO2. The number of aryl methyl sites for hydroxylation is 1. The quantitative estimate of drug-likeness (QED) is 0.902. The predicted octanol–water partition coefficient (Wildman–Crippen LogP) is 3.55. The van der Waals surface area contributed by atoms with E-state index in [1.807, 2.05) is 6.92 Å². The first-order valence-electron chi connectivity index (χ1n) is 7.34. The van der Waals surface area contributed by atoms with E-state index in [-0.39, 0.29) is 12.4 Å². The topological polar surface area (TPSA) is 30.5 Å². The third kappa shape index (κ3) is 3.80. The minimum atomic E-state index is 0. The minimum Gasteiger partial charge on any atom is -0.496 e. The van der Waals surface area contributed by atoms with Crippen LogP contribution < -0.4 is 14.8 Å². The first-order chi connectivity index (χ1) is 9.30. The second-order valence-corrected chi connectivity index (χ2v) is 5.03. The second-order valence-electron chi connectivity index (χ2n) is 5.03. The lowest BCUT2D eigenvalue weighted by atomic mass is 9.89. The van der Waals surface area contributed by atoms with Crippen molar-refractivity contribution in [2.75, 3.05) is 26.8 Å². The molecule has 1 aliphatic rings. The molecule has 3 nitrogen and oxygen atoms in total. The molecule has 1 heterocycles. The van der Waals surface area contributed by atoms with Gasteiger partial charge in [0.2, 0.25) is 0 Å². The molecule has 1 aromatic carbocycles. The molecule has 0 aliphatic carbocycles. The Balaban J connectivity index is 0.00000200. The molecule has 4 heteroatoms. The molecule has 0 saturated carbocycles. The molecule has 0 spiro atoms. The van der Waals surface area contributed by atoms with E-state index < -0.39 is 0 Å². The van der Waals surface area contributed by atoms with E-state index in [2.05, 4.69) is 24.4 Å². The number of rotatable bonds is 5. The highest BCUT2D eigenvalue weighted by Crippen LogP contribution is 2.36. The lowest BCUT2D eigenvalue weighted by molar-refractivity contribution is 0.332. The Morgan fingerprint density at radius 3 is 2.60 bits per heavy atom. The second kappa shape index (κ2) is 8.38. The van der Waals surface area contributed by atoms with Gasteiger partial charge in [-0.15, -0.1) is 12.4 Å². The number of methoxy groups -OCH3 is 1. The van der Waals surface area contributed by atoms with E-state index in [9.17, 15) is 0 Å². The summed E-state index contributed by atoms with van der Waals surface area (Å²) in [5, 5.41) is 3.47. The monoisotopic (exact) mass is 299 g/mol. The van der Waals surface area contributed by atoms with Gasteiger partial charge in [0.1, 0.15) is 11.5 Å². The van der Waals surface area contributed by atoms with E-state index in [1.165, 1.54) is 24.0 Å². The Bertz CT molecular complexity index is 417. The average molecular weight is 300 g/mol. The van der Waals surface area contributed by atoms with Gasteiger partial charge in [-0.25, -0.2) is 0 Å². The minimum absolute atomic E-state index is 0. The molecule has 1 N–H and O–H groups in total. The van der Waals surface area contributed by atoms with E-state index in [0.717, 1.165) is 31.0 Å². The van der Waals surface area contributed by atoms with Crippen LogP contribution in [0.2, 0.25) is 0 Å². The zero-order valence-corrected chi connectivity index (χ0v) is 13.5. The van der Waals surface area contributed by atoms with Crippen LogP contribution >= 0.6 is 12.4 Å². The maximum Gasteiger partial charge on any atom is 0.123 e. The van der Waals surface area contributed by atoms with Crippen molar-refractivity contribution in [3.05, 3.63) is 23.3 Å². The largest absolute Gasteiger partial charge is 0.496 e. The molecular weight excluding hydrogens is 274 g/mol. The third-order valence-electron chi connectivity index (χ3n) is 3.83. The van der Waals surface area contributed by atoms with Crippen LogP contribution in [0.15, 0.2) is 12.1 Å². The van der Waals surface area contributed by atoms with Crippen LogP contribution in [0.25, 0.3) is 0 Å². The van der Waals surface area contributed by atoms with Crippen molar-refractivity contribution in [2.24, 2.45) is 0 Å². The van der Waals surface area contributed by atoms with E-state index in [4.69, 9.17) is 9.47 Å². The highest BCUT2D eigenvalue weighted by Gasteiger charge is 2.21. The summed E-state index contributed by atoms with van der Waals surface area (Å²) in [5.41, 5.74) is 2.52. The molecule has 20 heavy (non-hydrogen) atoms. The molecule has 2 rings (SSSR count). The fourth-order valence-corrected chi connectivity index (χ4v) is 2.80. The zero-order valence-electron chi connectivity index (χ0n) is 12.7. The van der Waals surface area contributed by atoms with Gasteiger partial charge in [0.15, 0.2) is 0 Å². The summed E-state index contributed by atoms with van der Waals surface area (Å²) in [6, 6.07) is 4.34. The fourth-order valence-electron chi connectivity index (χ4n) is 2.80. The van der Waals surface area contributed by atoms with Crippen LogP contribution in [0.1, 0.15) is 43.7 Å². The average Bonchev–Trinajstić information content (AvgIpc) is 2.48. The maximum absolute atomic E-state index is 5.78. The van der Waals surface area contributed by atoms with E-state index >= 15 is 0 Å². The number of halogens is 1. The molecule has 1 aromatic rings. The Morgan fingerprint density at radius 2 is 2.05 bits per heavy atom. The summed E-state index contributed by atoms with van der Waals surface area (Å²) in [6.07, 6.45) is 3.42. The summed E-state index contributed by atoms with van der Waals surface area (Å²) in [6.45, 7) is 7.06. The smallest absolute Gasteiger partial charge is 0.123 e. The summed E-state index contributed by atoms with van der Waals surface area (Å²) in [5.74, 6) is 2.56. The molecule has 114 valence electrons. The molecule has 0 bridgehead atoms. The van der Waals surface area contributed by atoms with Gasteiger partial charge in [-0.05, 0) is 50.4 Å². The van der Waals surface area contributed by atoms with Crippen LogP contribution in [0.5, 0.6) is 11.5 Å². The number of hydrogen-bond donors (Lipinski definition) is 1. The number of hydrogen-bond acceptors (Lipinski definition) is 3. The molecule has 0 radical (unpaired) electrons. The molecule has 0 unspecified atom stereocenters.